The highest BCUT2D eigenvalue weighted by Gasteiger charge is 2.33. The third-order valence-corrected chi connectivity index (χ3v) is 5.27. The molecule has 1 aliphatic rings. The number of carbonyl (C=O) groups is 1. The van der Waals surface area contributed by atoms with Gasteiger partial charge < -0.3 is 15.0 Å². The summed E-state index contributed by atoms with van der Waals surface area (Å²) < 4.78 is 72.9. The second-order valence-corrected chi connectivity index (χ2v) is 7.74. The van der Waals surface area contributed by atoms with Crippen LogP contribution in [0.25, 0.3) is 0 Å². The van der Waals surface area contributed by atoms with Gasteiger partial charge >= 0.3 is 6.18 Å². The first-order chi connectivity index (χ1) is 14.2. The van der Waals surface area contributed by atoms with E-state index >= 15 is 0 Å². The Bertz CT molecular complexity index is 881. The Balaban J connectivity index is 1.79. The van der Waals surface area contributed by atoms with Crippen molar-refractivity contribution in [3.63, 3.8) is 0 Å². The zero-order valence-electron chi connectivity index (χ0n) is 15.7. The van der Waals surface area contributed by atoms with E-state index in [4.69, 9.17) is 4.74 Å². The van der Waals surface area contributed by atoms with Gasteiger partial charge in [-0.3, -0.25) is 9.36 Å². The fraction of sp³-hybridized carbons (Fsp3) is 0.471. The molecule has 0 aliphatic carbocycles. The van der Waals surface area contributed by atoms with E-state index in [2.05, 4.69) is 15.5 Å². The minimum atomic E-state index is -4.54. The summed E-state index contributed by atoms with van der Waals surface area (Å²) in [7, 11) is 0. The van der Waals surface area contributed by atoms with Gasteiger partial charge in [-0.15, -0.1) is 10.2 Å². The van der Waals surface area contributed by atoms with E-state index < -0.39 is 41.2 Å². The maximum atomic E-state index is 13.7. The van der Waals surface area contributed by atoms with Gasteiger partial charge in [-0.1, -0.05) is 17.8 Å². The van der Waals surface area contributed by atoms with Crippen molar-refractivity contribution in [1.82, 2.24) is 14.8 Å². The number of alkyl halides is 3. The highest BCUT2D eigenvalue weighted by Crippen LogP contribution is 2.30. The maximum absolute atomic E-state index is 13.7. The lowest BCUT2D eigenvalue weighted by molar-refractivity contribution is -0.141. The van der Waals surface area contributed by atoms with Gasteiger partial charge in [0.1, 0.15) is 23.9 Å². The SMILES string of the molecule is CC(Sc1nnc(N2CCOCC2)n1CC(F)(F)F)C(=O)Nc1c(F)cccc1F. The summed E-state index contributed by atoms with van der Waals surface area (Å²) in [6.07, 6.45) is -4.54. The van der Waals surface area contributed by atoms with Crippen LogP contribution in [0, 0.1) is 11.6 Å². The number of hydrogen-bond acceptors (Lipinski definition) is 6. The summed E-state index contributed by atoms with van der Waals surface area (Å²) in [5.41, 5.74) is -0.624. The average molecular weight is 451 g/mol. The van der Waals surface area contributed by atoms with Crippen LogP contribution in [0.1, 0.15) is 6.92 Å². The van der Waals surface area contributed by atoms with E-state index in [0.717, 1.165) is 22.8 Å². The molecule has 1 amide bonds. The molecular formula is C17H18F5N5O2S. The number of nitrogens with one attached hydrogen (secondary N) is 1. The summed E-state index contributed by atoms with van der Waals surface area (Å²) in [6.45, 7) is 1.43. The lowest BCUT2D eigenvalue weighted by atomic mass is 10.3. The molecule has 1 aromatic carbocycles. The molecule has 1 unspecified atom stereocenters. The highest BCUT2D eigenvalue weighted by atomic mass is 32.2. The number of halogens is 5. The van der Waals surface area contributed by atoms with Gasteiger partial charge in [0, 0.05) is 13.1 Å². The minimum absolute atomic E-state index is 0.0193. The summed E-state index contributed by atoms with van der Waals surface area (Å²) in [6, 6.07) is 3.10. The van der Waals surface area contributed by atoms with E-state index in [-0.39, 0.29) is 11.1 Å². The lowest BCUT2D eigenvalue weighted by Gasteiger charge is -2.28. The second kappa shape index (κ2) is 9.16. The van der Waals surface area contributed by atoms with Gasteiger partial charge in [0.15, 0.2) is 5.16 Å². The molecule has 1 saturated heterocycles. The summed E-state index contributed by atoms with van der Waals surface area (Å²) >= 11 is 0.709. The Morgan fingerprint density at radius 1 is 1.23 bits per heavy atom. The summed E-state index contributed by atoms with van der Waals surface area (Å²) in [5.74, 6) is -2.70. The molecule has 2 heterocycles. The Kier molecular flexibility index (Phi) is 6.81. The smallest absolute Gasteiger partial charge is 0.378 e. The summed E-state index contributed by atoms with van der Waals surface area (Å²) in [5, 5.41) is 8.65. The number of rotatable bonds is 6. The molecule has 7 nitrogen and oxygen atoms in total. The van der Waals surface area contributed by atoms with Crippen molar-refractivity contribution in [2.45, 2.75) is 30.1 Å². The van der Waals surface area contributed by atoms with Crippen LogP contribution in [0.5, 0.6) is 0 Å². The topological polar surface area (TPSA) is 72.3 Å². The Morgan fingerprint density at radius 3 is 2.47 bits per heavy atom. The van der Waals surface area contributed by atoms with Crippen LogP contribution >= 0.6 is 11.8 Å². The zero-order chi connectivity index (χ0) is 21.9. The first kappa shape index (κ1) is 22.3. The molecule has 1 N–H and O–H groups in total. The molecule has 0 spiro atoms. The van der Waals surface area contributed by atoms with Crippen molar-refractivity contribution in [1.29, 1.82) is 0 Å². The van der Waals surface area contributed by atoms with E-state index in [0.29, 0.717) is 38.1 Å². The fourth-order valence-corrected chi connectivity index (χ4v) is 3.58. The van der Waals surface area contributed by atoms with Crippen LogP contribution in [-0.2, 0) is 16.1 Å². The van der Waals surface area contributed by atoms with Crippen LogP contribution in [0.15, 0.2) is 23.4 Å². The quantitative estimate of drug-likeness (QED) is 0.538. The molecule has 30 heavy (non-hydrogen) atoms. The molecule has 164 valence electrons. The maximum Gasteiger partial charge on any atom is 0.406 e. The van der Waals surface area contributed by atoms with Crippen LogP contribution < -0.4 is 10.2 Å². The fourth-order valence-electron chi connectivity index (χ4n) is 2.74. The largest absolute Gasteiger partial charge is 0.406 e. The second-order valence-electron chi connectivity index (χ2n) is 6.43. The molecule has 3 rings (SSSR count). The van der Waals surface area contributed by atoms with E-state index in [1.54, 1.807) is 4.90 Å². The third-order valence-electron chi connectivity index (χ3n) is 4.19. The Hall–Kier alpha value is -2.41. The van der Waals surface area contributed by atoms with Crippen molar-refractivity contribution in [3.8, 4) is 0 Å². The number of para-hydroxylation sites is 1. The number of anilines is 2. The molecule has 2 aromatic rings. The number of carbonyl (C=O) groups excluding carboxylic acids is 1. The van der Waals surface area contributed by atoms with E-state index in [1.807, 2.05) is 0 Å². The third kappa shape index (κ3) is 5.39. The van der Waals surface area contributed by atoms with Gasteiger partial charge in [-0.2, -0.15) is 13.2 Å². The van der Waals surface area contributed by atoms with Gasteiger partial charge in [0.05, 0.1) is 18.5 Å². The number of thioether (sulfide) groups is 1. The van der Waals surface area contributed by atoms with Crippen molar-refractivity contribution in [2.24, 2.45) is 0 Å². The van der Waals surface area contributed by atoms with Gasteiger partial charge in [0.2, 0.25) is 11.9 Å². The number of amides is 1. The molecule has 1 atom stereocenters. The first-order valence-electron chi connectivity index (χ1n) is 8.90. The van der Waals surface area contributed by atoms with Gasteiger partial charge in [-0.05, 0) is 19.1 Å². The first-order valence-corrected chi connectivity index (χ1v) is 9.78. The Labute approximate surface area is 172 Å². The predicted molar refractivity (Wildman–Crippen MR) is 99.4 cm³/mol. The predicted octanol–water partition coefficient (Wildman–Crippen LogP) is 3.07. The van der Waals surface area contributed by atoms with Crippen molar-refractivity contribution in [3.05, 3.63) is 29.8 Å². The van der Waals surface area contributed by atoms with Gasteiger partial charge in [0.25, 0.3) is 0 Å². The molecular weight excluding hydrogens is 433 g/mol. The number of nitrogens with zero attached hydrogens (tertiary/aromatic N) is 4. The standard InChI is InChI=1S/C17H18F5N5O2S/c1-10(14(28)23-13-11(18)3-2-4-12(13)19)30-16-25-24-15(26-5-7-29-8-6-26)27(16)9-17(20,21)22/h2-4,10H,5-9H2,1H3,(H,23,28). The number of morpholine rings is 1. The molecule has 1 aromatic heterocycles. The number of ether oxygens (including phenoxy) is 1. The van der Waals surface area contributed by atoms with Crippen molar-refractivity contribution < 1.29 is 31.5 Å². The molecule has 1 aliphatic heterocycles. The van der Waals surface area contributed by atoms with Crippen LogP contribution in [0.4, 0.5) is 33.6 Å². The molecule has 0 saturated carbocycles. The Morgan fingerprint density at radius 2 is 1.87 bits per heavy atom. The zero-order valence-corrected chi connectivity index (χ0v) is 16.6. The van der Waals surface area contributed by atoms with Crippen molar-refractivity contribution >= 4 is 29.3 Å². The number of benzene rings is 1. The van der Waals surface area contributed by atoms with Gasteiger partial charge in [-0.25, -0.2) is 8.78 Å². The normalized spacial score (nSPS) is 15.9. The monoisotopic (exact) mass is 451 g/mol. The number of aromatic nitrogens is 3. The van der Waals surface area contributed by atoms with Crippen molar-refractivity contribution in [2.75, 3.05) is 36.5 Å². The van der Waals surface area contributed by atoms with E-state index in [1.165, 1.54) is 6.92 Å². The highest BCUT2D eigenvalue weighted by molar-refractivity contribution is 8.00. The van der Waals surface area contributed by atoms with E-state index in [9.17, 15) is 26.7 Å². The molecule has 0 radical (unpaired) electrons. The molecule has 1 fully saturated rings. The van der Waals surface area contributed by atoms with Crippen LogP contribution in [0.3, 0.4) is 0 Å². The van der Waals surface area contributed by atoms with Crippen LogP contribution in [0.2, 0.25) is 0 Å². The molecule has 13 heteroatoms. The molecule has 0 bridgehead atoms. The average Bonchev–Trinajstić information content (AvgIpc) is 3.06. The van der Waals surface area contributed by atoms with Crippen LogP contribution in [-0.4, -0.2) is 58.4 Å². The summed E-state index contributed by atoms with van der Waals surface area (Å²) in [4.78, 5) is 14.0. The number of hydrogen-bond donors (Lipinski definition) is 1. The lowest BCUT2D eigenvalue weighted by Crippen LogP contribution is -2.38. The minimum Gasteiger partial charge on any atom is -0.378 e.